The molecule has 26 heavy (non-hydrogen) atoms. The van der Waals surface area contributed by atoms with Crippen LogP contribution < -0.4 is 10.1 Å². The number of ether oxygens (including phenoxy) is 1. The summed E-state index contributed by atoms with van der Waals surface area (Å²) < 4.78 is 44.2. The monoisotopic (exact) mass is 383 g/mol. The summed E-state index contributed by atoms with van der Waals surface area (Å²) in [6.07, 6.45) is -4.27. The summed E-state index contributed by atoms with van der Waals surface area (Å²) >= 11 is 6.05. The van der Waals surface area contributed by atoms with Gasteiger partial charge in [-0.15, -0.1) is 0 Å². The van der Waals surface area contributed by atoms with Crippen LogP contribution in [0, 0.1) is 0 Å². The van der Waals surface area contributed by atoms with Crippen LogP contribution in [0.1, 0.15) is 23.1 Å². The molecule has 1 unspecified atom stereocenters. The third-order valence-corrected chi connectivity index (χ3v) is 4.69. The minimum atomic E-state index is -4.55. The van der Waals surface area contributed by atoms with Crippen molar-refractivity contribution in [3.05, 3.63) is 58.1 Å². The lowest BCUT2D eigenvalue weighted by Crippen LogP contribution is -2.36. The molecule has 136 valence electrons. The van der Waals surface area contributed by atoms with E-state index >= 15 is 0 Å². The fourth-order valence-corrected chi connectivity index (χ4v) is 3.44. The van der Waals surface area contributed by atoms with E-state index in [1.54, 1.807) is 12.1 Å². The Morgan fingerprint density at radius 2 is 1.92 bits per heavy atom. The zero-order chi connectivity index (χ0) is 19.1. The molecule has 1 atom stereocenters. The van der Waals surface area contributed by atoms with E-state index in [4.69, 9.17) is 16.3 Å². The van der Waals surface area contributed by atoms with E-state index in [9.17, 15) is 22.8 Å². The van der Waals surface area contributed by atoms with Crippen LogP contribution in [-0.2, 0) is 21.2 Å². The van der Waals surface area contributed by atoms with Crippen LogP contribution in [0.15, 0.2) is 36.4 Å². The minimum Gasteiger partial charge on any atom is -0.496 e. The van der Waals surface area contributed by atoms with Crippen molar-refractivity contribution in [3.63, 3.8) is 0 Å². The van der Waals surface area contributed by atoms with E-state index in [1.807, 2.05) is 0 Å². The number of carbonyl (C=O) groups is 2. The molecule has 4 nitrogen and oxygen atoms in total. The average Bonchev–Trinajstić information content (AvgIpc) is 2.86. The predicted molar refractivity (Wildman–Crippen MR) is 89.5 cm³/mol. The second-order valence-corrected chi connectivity index (χ2v) is 6.27. The summed E-state index contributed by atoms with van der Waals surface area (Å²) in [6, 6.07) is 7.53. The average molecular weight is 384 g/mol. The highest BCUT2D eigenvalue weighted by atomic mass is 35.5. The third kappa shape index (κ3) is 2.72. The highest BCUT2D eigenvalue weighted by molar-refractivity contribution is 6.30. The highest BCUT2D eigenvalue weighted by Gasteiger charge is 2.50. The molecule has 1 N–H and O–H groups in total. The molecule has 0 radical (unpaired) electrons. The number of hydrogen-bond donors (Lipinski definition) is 1. The van der Waals surface area contributed by atoms with Gasteiger partial charge in [0, 0.05) is 22.7 Å². The molecule has 3 rings (SSSR count). The maximum atomic E-state index is 13.0. The van der Waals surface area contributed by atoms with Gasteiger partial charge in [0.25, 0.3) is 0 Å². The molecule has 0 aromatic heterocycles. The number of halogens is 4. The third-order valence-electron chi connectivity index (χ3n) is 4.45. The van der Waals surface area contributed by atoms with Crippen LogP contribution in [0.4, 0.5) is 18.9 Å². The quantitative estimate of drug-likeness (QED) is 0.805. The van der Waals surface area contributed by atoms with Gasteiger partial charge in [-0.05, 0) is 35.9 Å². The molecule has 0 bridgehead atoms. The van der Waals surface area contributed by atoms with Crippen molar-refractivity contribution < 1.29 is 27.5 Å². The molecule has 1 amide bonds. The van der Waals surface area contributed by atoms with Crippen LogP contribution in [0.5, 0.6) is 5.75 Å². The molecule has 1 heterocycles. The first-order valence-corrected chi connectivity index (χ1v) is 7.92. The Labute approximate surface area is 151 Å². The van der Waals surface area contributed by atoms with Crippen molar-refractivity contribution in [1.29, 1.82) is 0 Å². The molecular weight excluding hydrogens is 371 g/mol. The molecule has 0 spiro atoms. The Morgan fingerprint density at radius 3 is 2.54 bits per heavy atom. The maximum absolute atomic E-state index is 13.0. The van der Waals surface area contributed by atoms with Gasteiger partial charge in [0.1, 0.15) is 17.5 Å². The fraction of sp³-hybridized carbons (Fsp3) is 0.222. The second kappa shape index (κ2) is 6.32. The van der Waals surface area contributed by atoms with Crippen LogP contribution in [0.3, 0.4) is 0 Å². The second-order valence-electron chi connectivity index (χ2n) is 5.83. The number of fused-ring (bicyclic) bond motifs is 1. The number of methoxy groups -OCH3 is 1. The van der Waals surface area contributed by atoms with Crippen molar-refractivity contribution in [1.82, 2.24) is 0 Å². The van der Waals surface area contributed by atoms with E-state index in [2.05, 4.69) is 5.32 Å². The topological polar surface area (TPSA) is 55.4 Å². The van der Waals surface area contributed by atoms with Crippen molar-refractivity contribution >= 4 is 29.5 Å². The number of rotatable bonds is 4. The van der Waals surface area contributed by atoms with Gasteiger partial charge in [-0.1, -0.05) is 17.7 Å². The zero-order valence-electron chi connectivity index (χ0n) is 13.5. The van der Waals surface area contributed by atoms with Gasteiger partial charge in [0.15, 0.2) is 0 Å². The number of hydrogen-bond acceptors (Lipinski definition) is 3. The number of anilines is 1. The first kappa shape index (κ1) is 18.3. The summed E-state index contributed by atoms with van der Waals surface area (Å²) in [5.41, 5.74) is -1.82. The number of amides is 1. The molecule has 2 aromatic carbocycles. The fourth-order valence-electron chi connectivity index (χ4n) is 3.27. The maximum Gasteiger partial charge on any atom is 0.416 e. The van der Waals surface area contributed by atoms with Gasteiger partial charge >= 0.3 is 6.18 Å². The lowest BCUT2D eigenvalue weighted by Gasteiger charge is -2.28. The van der Waals surface area contributed by atoms with Gasteiger partial charge in [-0.2, -0.15) is 13.2 Å². The van der Waals surface area contributed by atoms with Crippen LogP contribution >= 0.6 is 11.6 Å². The largest absolute Gasteiger partial charge is 0.496 e. The van der Waals surface area contributed by atoms with Gasteiger partial charge in [-0.3, -0.25) is 4.79 Å². The highest BCUT2D eigenvalue weighted by Crippen LogP contribution is 2.49. The minimum absolute atomic E-state index is 0.00806. The smallest absolute Gasteiger partial charge is 0.416 e. The summed E-state index contributed by atoms with van der Waals surface area (Å²) in [6.45, 7) is 0. The summed E-state index contributed by atoms with van der Waals surface area (Å²) in [7, 11) is 1.39. The van der Waals surface area contributed by atoms with E-state index in [-0.39, 0.29) is 17.7 Å². The number of aldehydes is 1. The van der Waals surface area contributed by atoms with Crippen LogP contribution in [-0.4, -0.2) is 19.3 Å². The molecule has 1 aliphatic rings. The standard InChI is InChI=1S/C18H13ClF3NO3/c1-26-15-5-3-11(19)9-13(15)17(6-7-24)12-4-2-10(18(20,21)22)8-14(12)23-16(17)25/h2-5,7-9H,6H2,1H3,(H,23,25). The van der Waals surface area contributed by atoms with Crippen molar-refractivity contribution in [2.75, 3.05) is 12.4 Å². The lowest BCUT2D eigenvalue weighted by molar-refractivity contribution is -0.137. The summed E-state index contributed by atoms with van der Waals surface area (Å²) in [5.74, 6) is -0.307. The SMILES string of the molecule is COc1ccc(Cl)cc1C1(CC=O)C(=O)Nc2cc(C(F)(F)F)ccc21. The Balaban J connectivity index is 2.29. The Hall–Kier alpha value is -2.54. The zero-order valence-corrected chi connectivity index (χ0v) is 14.2. The number of benzene rings is 2. The Kier molecular flexibility index (Phi) is 4.44. The molecule has 0 fully saturated rings. The van der Waals surface area contributed by atoms with Crippen LogP contribution in [0.2, 0.25) is 5.02 Å². The molecule has 0 saturated heterocycles. The van der Waals surface area contributed by atoms with Crippen molar-refractivity contribution in [2.45, 2.75) is 18.0 Å². The van der Waals surface area contributed by atoms with Gasteiger partial charge in [-0.25, -0.2) is 0 Å². The lowest BCUT2D eigenvalue weighted by atomic mass is 9.72. The summed E-state index contributed by atoms with van der Waals surface area (Å²) in [5, 5.41) is 2.76. The number of carbonyl (C=O) groups excluding carboxylic acids is 2. The molecule has 8 heteroatoms. The molecule has 1 aliphatic heterocycles. The summed E-state index contributed by atoms with van der Waals surface area (Å²) in [4.78, 5) is 24.2. The van der Waals surface area contributed by atoms with Gasteiger partial charge in [0.05, 0.1) is 12.7 Å². The van der Waals surface area contributed by atoms with E-state index in [1.165, 1.54) is 19.2 Å². The first-order valence-electron chi connectivity index (χ1n) is 7.55. The predicted octanol–water partition coefficient (Wildman–Crippen LogP) is 4.19. The molecular formula is C18H13ClF3NO3. The van der Waals surface area contributed by atoms with E-state index < -0.39 is 23.1 Å². The normalized spacial score (nSPS) is 19.0. The van der Waals surface area contributed by atoms with Crippen LogP contribution in [0.25, 0.3) is 0 Å². The molecule has 0 saturated carbocycles. The van der Waals surface area contributed by atoms with Gasteiger partial charge in [0.2, 0.25) is 5.91 Å². The van der Waals surface area contributed by atoms with Crippen molar-refractivity contribution in [3.8, 4) is 5.75 Å². The van der Waals surface area contributed by atoms with Crippen molar-refractivity contribution in [2.24, 2.45) is 0 Å². The van der Waals surface area contributed by atoms with E-state index in [0.29, 0.717) is 22.6 Å². The Bertz CT molecular complexity index is 898. The van der Waals surface area contributed by atoms with Gasteiger partial charge < -0.3 is 14.8 Å². The molecule has 2 aromatic rings. The number of alkyl halides is 3. The molecule has 0 aliphatic carbocycles. The first-order chi connectivity index (χ1) is 12.2. The number of nitrogens with one attached hydrogen (secondary N) is 1. The Morgan fingerprint density at radius 1 is 1.19 bits per heavy atom. The van der Waals surface area contributed by atoms with E-state index in [0.717, 1.165) is 12.1 Å².